The van der Waals surface area contributed by atoms with Gasteiger partial charge in [0.25, 0.3) is 17.7 Å². The van der Waals surface area contributed by atoms with E-state index < -0.39 is 0 Å². The van der Waals surface area contributed by atoms with E-state index in [9.17, 15) is 14.4 Å². The average molecular weight is 953 g/mol. The monoisotopic (exact) mass is 952 g/mol. The molecule has 8 aromatic rings. The number of para-hydroxylation sites is 2. The number of carbonyl (C=O) groups is 3. The van der Waals surface area contributed by atoms with Gasteiger partial charge < -0.3 is 5.32 Å². The van der Waals surface area contributed by atoms with Crippen molar-refractivity contribution in [1.82, 2.24) is 0 Å². The van der Waals surface area contributed by atoms with E-state index in [-0.39, 0.29) is 47.3 Å². The number of hydrogen-bond acceptors (Lipinski definition) is 3. The average Bonchev–Trinajstić information content (AvgIpc) is 3.37. The molecule has 8 aromatic carbocycles. The molecule has 1 aliphatic carbocycles. The zero-order valence-corrected chi connectivity index (χ0v) is 43.5. The number of nitrogens with one attached hydrogen (secondary N) is 1. The van der Waals surface area contributed by atoms with E-state index in [1.54, 1.807) is 0 Å². The van der Waals surface area contributed by atoms with Crippen molar-refractivity contribution in [3.63, 3.8) is 0 Å². The van der Waals surface area contributed by atoms with Crippen molar-refractivity contribution < 1.29 is 14.4 Å². The molecule has 1 unspecified atom stereocenters. The predicted molar refractivity (Wildman–Crippen MR) is 306 cm³/mol. The molecule has 73 heavy (non-hydrogen) atoms. The second kappa shape index (κ2) is 18.7. The molecule has 2 aliphatic rings. The number of fused-ring (bicyclic) bond motifs is 2. The first-order chi connectivity index (χ1) is 35.0. The molecular weight excluding hydrogens is 893 g/mol. The lowest BCUT2D eigenvalue weighted by molar-refractivity contribution is -0.112. The SMILES string of the molecule is C=C1C(C(=O)Nc2c(C(C)C)cccc2C(C)C)=CC=C(c2ccc/c(=C(/C)C#CC#Cc3ccc4c5ccc6c7c(ccc(c8cccc3c84)c75)C(=O)N(c3c(C(C)C)cccc3C(C)C)C6=O)c2=C)C1C. The van der Waals surface area contributed by atoms with Crippen LogP contribution in [0.4, 0.5) is 11.4 Å². The van der Waals surface area contributed by atoms with Crippen molar-refractivity contribution in [2.24, 2.45) is 5.92 Å². The van der Waals surface area contributed by atoms with Gasteiger partial charge in [0.2, 0.25) is 0 Å². The molecule has 0 aromatic heterocycles. The van der Waals surface area contributed by atoms with Crippen LogP contribution in [-0.2, 0) is 4.79 Å². The van der Waals surface area contributed by atoms with E-state index in [2.05, 4.69) is 147 Å². The molecule has 5 nitrogen and oxygen atoms in total. The molecular formula is C68H60N2O3. The lowest BCUT2D eigenvalue weighted by atomic mass is 9.80. The molecule has 0 spiro atoms. The predicted octanol–water partition coefficient (Wildman–Crippen LogP) is 14.8. The summed E-state index contributed by atoms with van der Waals surface area (Å²) in [5.41, 5.74) is 11.9. The van der Waals surface area contributed by atoms with E-state index >= 15 is 0 Å². The highest BCUT2D eigenvalue weighted by Crippen LogP contribution is 2.47. The summed E-state index contributed by atoms with van der Waals surface area (Å²) in [6.07, 6.45) is 3.92. The Hall–Kier alpha value is -8.25. The number of carbonyl (C=O) groups excluding carboxylic acids is 3. The fraction of sp³-hybridized carbons (Fsp3) is 0.221. The Morgan fingerprint density at radius 1 is 0.575 bits per heavy atom. The molecule has 1 N–H and O–H groups in total. The lowest BCUT2D eigenvalue weighted by Gasteiger charge is -2.32. The summed E-state index contributed by atoms with van der Waals surface area (Å²) >= 11 is 0. The molecule has 0 saturated carbocycles. The fourth-order valence-corrected chi connectivity index (χ4v) is 11.3. The van der Waals surface area contributed by atoms with Gasteiger partial charge in [-0.25, -0.2) is 4.90 Å². The number of anilines is 2. The number of amides is 3. The quantitative estimate of drug-likeness (QED) is 0.0714. The Kier molecular flexibility index (Phi) is 12.4. The zero-order valence-electron chi connectivity index (χ0n) is 43.5. The van der Waals surface area contributed by atoms with Crippen LogP contribution in [0.1, 0.15) is 147 Å². The van der Waals surface area contributed by atoms with Crippen molar-refractivity contribution in [2.75, 3.05) is 10.2 Å². The molecule has 5 heteroatoms. The molecule has 3 amide bonds. The standard InChI is InChI=1S/C68H60N2O3/c1-37(2)46-21-15-22-47(38(3)4)64(46)69-66(71)53-32-31-52(42(10)43(53)11)51-26-17-25-50(44(51)12)41(9)19-13-14-20-45-29-30-56-58-34-36-60-63-59(35-33-57(62(58)63)55-28-18-27-54(45)61(55)56)67(72)70(68(60)73)65-48(39(5)6)23-16-24-49(65)40(7)8/h15-18,21-40,42H,11-12H2,1-10H3,(H,69,71)/b50-41+. The van der Waals surface area contributed by atoms with E-state index in [1.165, 1.54) is 4.90 Å². The summed E-state index contributed by atoms with van der Waals surface area (Å²) in [5.74, 6) is 12.8. The van der Waals surface area contributed by atoms with Gasteiger partial charge in [0, 0.05) is 44.8 Å². The molecule has 0 saturated heterocycles. The fourth-order valence-electron chi connectivity index (χ4n) is 11.3. The van der Waals surface area contributed by atoms with Gasteiger partial charge in [0.1, 0.15) is 0 Å². The summed E-state index contributed by atoms with van der Waals surface area (Å²) in [6.45, 7) is 30.1. The number of hydrogen-bond donors (Lipinski definition) is 1. The maximum atomic E-state index is 14.7. The minimum absolute atomic E-state index is 0.114. The summed E-state index contributed by atoms with van der Waals surface area (Å²) in [7, 11) is 0. The van der Waals surface area contributed by atoms with Gasteiger partial charge in [0.15, 0.2) is 0 Å². The van der Waals surface area contributed by atoms with Gasteiger partial charge in [0.05, 0.1) is 5.69 Å². The number of rotatable bonds is 8. The van der Waals surface area contributed by atoms with Crippen molar-refractivity contribution >= 4 is 89.9 Å². The van der Waals surface area contributed by atoms with Gasteiger partial charge in [-0.15, -0.1) is 0 Å². The van der Waals surface area contributed by atoms with Crippen LogP contribution in [-0.4, -0.2) is 17.7 Å². The van der Waals surface area contributed by atoms with Crippen LogP contribution in [0.5, 0.6) is 0 Å². The highest BCUT2D eigenvalue weighted by atomic mass is 16.2. The number of allylic oxidation sites excluding steroid dienone is 3. The van der Waals surface area contributed by atoms with Crippen molar-refractivity contribution in [3.05, 3.63) is 194 Å². The summed E-state index contributed by atoms with van der Waals surface area (Å²) < 4.78 is 0. The summed E-state index contributed by atoms with van der Waals surface area (Å²) in [5, 5.41) is 12.8. The first kappa shape index (κ1) is 48.4. The second-order valence-corrected chi connectivity index (χ2v) is 21.0. The Morgan fingerprint density at radius 3 is 1.70 bits per heavy atom. The molecule has 1 heterocycles. The molecule has 1 aliphatic heterocycles. The number of nitrogens with zero attached hydrogens (tertiary/aromatic N) is 1. The largest absolute Gasteiger partial charge is 0.321 e. The van der Waals surface area contributed by atoms with Crippen LogP contribution < -0.4 is 20.7 Å². The van der Waals surface area contributed by atoms with E-state index in [0.717, 1.165) is 104 Å². The zero-order chi connectivity index (χ0) is 51.7. The van der Waals surface area contributed by atoms with Crippen LogP contribution in [0.15, 0.2) is 139 Å². The molecule has 10 rings (SSSR count). The van der Waals surface area contributed by atoms with E-state index in [0.29, 0.717) is 27.8 Å². The lowest BCUT2D eigenvalue weighted by Crippen LogP contribution is -2.41. The third kappa shape index (κ3) is 7.96. The minimum atomic E-state index is -0.292. The van der Waals surface area contributed by atoms with Crippen molar-refractivity contribution in [2.45, 2.75) is 92.9 Å². The Bertz CT molecular complexity index is 3920. The van der Waals surface area contributed by atoms with Gasteiger partial charge in [-0.2, -0.15) is 0 Å². The van der Waals surface area contributed by atoms with Gasteiger partial charge in [-0.1, -0.05) is 184 Å². The van der Waals surface area contributed by atoms with E-state index in [4.69, 9.17) is 0 Å². The Labute approximate surface area is 429 Å². The van der Waals surface area contributed by atoms with Crippen LogP contribution in [0.25, 0.3) is 60.8 Å². The van der Waals surface area contributed by atoms with Gasteiger partial charge in [-0.05, 0) is 154 Å². The number of imide groups is 1. The smallest absolute Gasteiger partial charge is 0.266 e. The molecule has 0 radical (unpaired) electrons. The molecule has 0 bridgehead atoms. The first-order valence-corrected chi connectivity index (χ1v) is 25.5. The highest BCUT2D eigenvalue weighted by molar-refractivity contribution is 6.42. The third-order valence-corrected chi connectivity index (χ3v) is 15.2. The molecule has 1 atom stereocenters. The van der Waals surface area contributed by atoms with Crippen LogP contribution in [0.2, 0.25) is 0 Å². The van der Waals surface area contributed by atoms with Crippen molar-refractivity contribution in [3.8, 4) is 23.7 Å². The van der Waals surface area contributed by atoms with Gasteiger partial charge in [-0.3, -0.25) is 14.4 Å². The maximum Gasteiger partial charge on any atom is 0.266 e. The van der Waals surface area contributed by atoms with Crippen LogP contribution in [0.3, 0.4) is 0 Å². The number of benzene rings is 8. The van der Waals surface area contributed by atoms with E-state index in [1.807, 2.05) is 85.8 Å². The molecule has 360 valence electrons. The molecule has 0 fully saturated rings. The minimum Gasteiger partial charge on any atom is -0.321 e. The first-order valence-electron chi connectivity index (χ1n) is 25.5. The maximum absolute atomic E-state index is 14.7. The summed E-state index contributed by atoms with van der Waals surface area (Å²) in [6, 6.07) is 36.8. The Morgan fingerprint density at radius 2 is 1.10 bits per heavy atom. The Balaban J connectivity index is 0.974. The second-order valence-electron chi connectivity index (χ2n) is 21.0. The normalized spacial score (nSPS) is 15.1. The van der Waals surface area contributed by atoms with Crippen LogP contribution in [0, 0.1) is 29.6 Å². The summed E-state index contributed by atoms with van der Waals surface area (Å²) in [4.78, 5) is 44.8. The van der Waals surface area contributed by atoms with Crippen molar-refractivity contribution in [1.29, 1.82) is 0 Å². The van der Waals surface area contributed by atoms with Gasteiger partial charge >= 0.3 is 0 Å². The van der Waals surface area contributed by atoms with Crippen LogP contribution >= 0.6 is 0 Å². The third-order valence-electron chi connectivity index (χ3n) is 15.2. The topological polar surface area (TPSA) is 66.5 Å². The highest BCUT2D eigenvalue weighted by Gasteiger charge is 2.38.